The SMILES string of the molecule is CC/C=C\C/C=C\C/C=C\C/C=C\C/C=C\C/C=C\CCCCCOCC(COP(=O)([O-])OCC[N+](C)(C)C)OC(=O)CCCCCCCCCCCCCCC/C=C\C/C=C\CCCCCCC. The minimum absolute atomic E-state index is 0.0143. The second-order valence-corrected chi connectivity index (χ2v) is 21.0. The molecule has 0 aliphatic rings. The first-order valence-corrected chi connectivity index (χ1v) is 29.4. The van der Waals surface area contributed by atoms with Crippen LogP contribution in [0.15, 0.2) is 97.2 Å². The average molecular weight is 984 g/mol. The van der Waals surface area contributed by atoms with Gasteiger partial charge in [-0.15, -0.1) is 0 Å². The van der Waals surface area contributed by atoms with Crippen LogP contribution >= 0.6 is 7.82 Å². The zero-order chi connectivity index (χ0) is 50.5. The van der Waals surface area contributed by atoms with E-state index in [1.165, 1.54) is 109 Å². The summed E-state index contributed by atoms with van der Waals surface area (Å²) in [6.45, 7) is 5.20. The molecule has 0 N–H and O–H groups in total. The van der Waals surface area contributed by atoms with E-state index in [1.54, 1.807) is 0 Å². The molecule has 2 unspecified atom stereocenters. The molecule has 0 fully saturated rings. The summed E-state index contributed by atoms with van der Waals surface area (Å²) in [5.41, 5.74) is 0. The van der Waals surface area contributed by atoms with Crippen LogP contribution in [-0.2, 0) is 27.9 Å². The Hall–Kier alpha value is -2.58. The number of unbranched alkanes of at least 4 members (excludes halogenated alkanes) is 21. The number of rotatable bonds is 51. The Morgan fingerprint density at radius 1 is 0.464 bits per heavy atom. The number of allylic oxidation sites excluding steroid dienone is 16. The third kappa shape index (κ3) is 56.2. The molecule has 0 rings (SSSR count). The van der Waals surface area contributed by atoms with Crippen molar-refractivity contribution in [2.45, 2.75) is 225 Å². The summed E-state index contributed by atoms with van der Waals surface area (Å²) in [5.74, 6) is -0.349. The maximum absolute atomic E-state index is 12.8. The standard InChI is InChI=1S/C60H106NO7P/c1-6-8-10-12-14-16-18-20-22-24-26-28-30-31-32-33-35-37-39-41-43-45-47-49-51-53-60(62)68-59(58-67-69(63,64)66-56-54-61(3,4)5)57-65-55-52-50-48-46-44-42-40-38-36-34-29-27-25-23-21-19-17-15-13-11-9-7-2/h9,11,15,17-18,20-21,23-24,26-27,29,36,38,42,44,59H,6-8,10,12-14,16,19,22,25,28,30-35,37,39-41,43,45-58H2,1-5H3/b11-9-,17-15-,20-18-,23-21-,26-24-,29-27-,38-36-,44-42-. The van der Waals surface area contributed by atoms with E-state index in [0.29, 0.717) is 24.1 Å². The highest BCUT2D eigenvalue weighted by molar-refractivity contribution is 7.45. The maximum atomic E-state index is 12.8. The van der Waals surface area contributed by atoms with Crippen LogP contribution in [0.1, 0.15) is 219 Å². The van der Waals surface area contributed by atoms with E-state index in [4.69, 9.17) is 18.5 Å². The largest absolute Gasteiger partial charge is 0.756 e. The van der Waals surface area contributed by atoms with Crippen molar-refractivity contribution in [2.75, 3.05) is 54.1 Å². The second kappa shape index (κ2) is 51.8. The third-order valence-electron chi connectivity index (χ3n) is 11.6. The molecule has 0 saturated heterocycles. The number of esters is 1. The van der Waals surface area contributed by atoms with Gasteiger partial charge in [-0.3, -0.25) is 9.36 Å². The van der Waals surface area contributed by atoms with Gasteiger partial charge in [-0.25, -0.2) is 0 Å². The van der Waals surface area contributed by atoms with Crippen LogP contribution in [0.5, 0.6) is 0 Å². The first-order chi connectivity index (χ1) is 33.6. The zero-order valence-electron chi connectivity index (χ0n) is 45.2. The van der Waals surface area contributed by atoms with Crippen LogP contribution in [0.2, 0.25) is 0 Å². The van der Waals surface area contributed by atoms with Crippen molar-refractivity contribution in [1.29, 1.82) is 0 Å². The molecular weight excluding hydrogens is 878 g/mol. The highest BCUT2D eigenvalue weighted by Crippen LogP contribution is 2.38. The lowest BCUT2D eigenvalue weighted by atomic mass is 10.0. The van der Waals surface area contributed by atoms with Crippen LogP contribution in [0.3, 0.4) is 0 Å². The minimum Gasteiger partial charge on any atom is -0.756 e. The van der Waals surface area contributed by atoms with Crippen LogP contribution in [0.4, 0.5) is 0 Å². The van der Waals surface area contributed by atoms with E-state index in [0.717, 1.165) is 89.9 Å². The van der Waals surface area contributed by atoms with E-state index in [-0.39, 0.29) is 25.8 Å². The van der Waals surface area contributed by atoms with Gasteiger partial charge in [-0.05, 0) is 96.3 Å². The van der Waals surface area contributed by atoms with Crippen molar-refractivity contribution in [3.8, 4) is 0 Å². The smallest absolute Gasteiger partial charge is 0.306 e. The van der Waals surface area contributed by atoms with E-state index in [9.17, 15) is 14.3 Å². The van der Waals surface area contributed by atoms with Gasteiger partial charge in [0.15, 0.2) is 0 Å². The van der Waals surface area contributed by atoms with E-state index < -0.39 is 13.9 Å². The molecule has 0 heterocycles. The first-order valence-electron chi connectivity index (χ1n) is 28.0. The summed E-state index contributed by atoms with van der Waals surface area (Å²) in [7, 11) is 1.32. The lowest BCUT2D eigenvalue weighted by Crippen LogP contribution is -2.37. The Kier molecular flexibility index (Phi) is 49.8. The zero-order valence-corrected chi connectivity index (χ0v) is 46.1. The van der Waals surface area contributed by atoms with Crippen LogP contribution in [0, 0.1) is 0 Å². The Morgan fingerprint density at radius 3 is 1.26 bits per heavy atom. The molecule has 0 aliphatic carbocycles. The molecule has 0 bridgehead atoms. The number of likely N-dealkylation sites (N-methyl/N-ethyl adjacent to an activating group) is 1. The molecule has 398 valence electrons. The molecule has 0 aromatic carbocycles. The number of phosphoric ester groups is 1. The molecule has 0 amide bonds. The molecule has 0 aromatic heterocycles. The number of carbonyl (C=O) groups excluding carboxylic acids is 1. The summed E-state index contributed by atoms with van der Waals surface area (Å²) in [6.07, 6.45) is 71.6. The van der Waals surface area contributed by atoms with Gasteiger partial charge < -0.3 is 27.9 Å². The van der Waals surface area contributed by atoms with Crippen LogP contribution in [-0.4, -0.2) is 70.7 Å². The fourth-order valence-electron chi connectivity index (χ4n) is 7.35. The van der Waals surface area contributed by atoms with Gasteiger partial charge in [0.05, 0.1) is 34.4 Å². The monoisotopic (exact) mass is 984 g/mol. The van der Waals surface area contributed by atoms with E-state index in [2.05, 4.69) is 111 Å². The van der Waals surface area contributed by atoms with E-state index in [1.807, 2.05) is 21.1 Å². The predicted molar refractivity (Wildman–Crippen MR) is 295 cm³/mol. The van der Waals surface area contributed by atoms with Crippen molar-refractivity contribution < 1.29 is 37.3 Å². The molecule has 0 saturated carbocycles. The van der Waals surface area contributed by atoms with Gasteiger partial charge in [-0.2, -0.15) is 0 Å². The normalized spacial score (nSPS) is 14.2. The Labute approximate surface area is 426 Å². The molecule has 69 heavy (non-hydrogen) atoms. The molecular formula is C60H106NO7P. The molecule has 0 aromatic rings. The number of hydrogen-bond acceptors (Lipinski definition) is 7. The van der Waals surface area contributed by atoms with E-state index >= 15 is 0 Å². The van der Waals surface area contributed by atoms with Crippen LogP contribution < -0.4 is 4.89 Å². The fourth-order valence-corrected chi connectivity index (χ4v) is 8.07. The molecule has 8 nitrogen and oxygen atoms in total. The first kappa shape index (κ1) is 66.4. The second-order valence-electron chi connectivity index (χ2n) is 19.6. The highest BCUT2D eigenvalue weighted by Gasteiger charge is 2.20. The number of nitrogens with zero attached hydrogens (tertiary/aromatic N) is 1. The topological polar surface area (TPSA) is 94.1 Å². The van der Waals surface area contributed by atoms with Gasteiger partial charge in [0.2, 0.25) is 0 Å². The predicted octanol–water partition coefficient (Wildman–Crippen LogP) is 17.1. The molecule has 0 radical (unpaired) electrons. The lowest BCUT2D eigenvalue weighted by molar-refractivity contribution is -0.870. The number of ether oxygens (including phenoxy) is 2. The Balaban J connectivity index is 4.17. The van der Waals surface area contributed by atoms with Gasteiger partial charge in [0.25, 0.3) is 7.82 Å². The summed E-state index contributed by atoms with van der Waals surface area (Å²) in [6, 6.07) is 0. The van der Waals surface area contributed by atoms with Crippen molar-refractivity contribution >= 4 is 13.8 Å². The Morgan fingerprint density at radius 2 is 0.841 bits per heavy atom. The van der Waals surface area contributed by atoms with Gasteiger partial charge in [-0.1, -0.05) is 214 Å². The fraction of sp³-hybridized carbons (Fsp3) is 0.717. The molecule has 0 aliphatic heterocycles. The third-order valence-corrected chi connectivity index (χ3v) is 12.6. The average Bonchev–Trinajstić information content (AvgIpc) is 3.31. The number of carbonyl (C=O) groups is 1. The van der Waals surface area contributed by atoms with Gasteiger partial charge in [0, 0.05) is 13.0 Å². The summed E-state index contributed by atoms with van der Waals surface area (Å²) in [5, 5.41) is 0. The molecule has 0 spiro atoms. The van der Waals surface area contributed by atoms with Gasteiger partial charge in [0.1, 0.15) is 19.3 Å². The molecule has 9 heteroatoms. The molecule has 2 atom stereocenters. The van der Waals surface area contributed by atoms with Crippen molar-refractivity contribution in [1.82, 2.24) is 0 Å². The summed E-state index contributed by atoms with van der Waals surface area (Å²) >= 11 is 0. The highest BCUT2D eigenvalue weighted by atomic mass is 31.2. The number of hydrogen-bond donors (Lipinski definition) is 0. The Bertz CT molecular complexity index is 1420. The lowest BCUT2D eigenvalue weighted by Gasteiger charge is -2.28. The van der Waals surface area contributed by atoms with Gasteiger partial charge >= 0.3 is 5.97 Å². The van der Waals surface area contributed by atoms with Crippen molar-refractivity contribution in [2.24, 2.45) is 0 Å². The number of phosphoric acid groups is 1. The number of quaternary nitrogens is 1. The van der Waals surface area contributed by atoms with Crippen molar-refractivity contribution in [3.05, 3.63) is 97.2 Å². The summed E-state index contributed by atoms with van der Waals surface area (Å²) in [4.78, 5) is 25.2. The maximum Gasteiger partial charge on any atom is 0.306 e. The quantitative estimate of drug-likeness (QED) is 0.0197. The minimum atomic E-state index is -4.55. The van der Waals surface area contributed by atoms with Crippen LogP contribution in [0.25, 0.3) is 0 Å². The van der Waals surface area contributed by atoms with Crippen molar-refractivity contribution in [3.63, 3.8) is 0 Å². The summed E-state index contributed by atoms with van der Waals surface area (Å²) < 4.78 is 34.8.